The lowest BCUT2D eigenvalue weighted by atomic mass is 9.80. The Balaban J connectivity index is 1.47. The van der Waals surface area contributed by atoms with E-state index in [1.807, 2.05) is 49.4 Å². The van der Waals surface area contributed by atoms with Crippen LogP contribution < -0.4 is 4.74 Å². The first kappa shape index (κ1) is 29.8. The molecular formula is C34H44O7. The molecule has 2 aliphatic heterocycles. The first-order valence-electron chi connectivity index (χ1n) is 15.0. The summed E-state index contributed by atoms with van der Waals surface area (Å²) in [5, 5.41) is 33.4. The maximum absolute atomic E-state index is 11.1. The molecule has 2 fully saturated rings. The molecule has 0 aliphatic carbocycles. The third kappa shape index (κ3) is 5.84. The number of aliphatic hydroxyl groups excluding tert-OH is 3. The summed E-state index contributed by atoms with van der Waals surface area (Å²) in [6, 6.07) is 12.2. The van der Waals surface area contributed by atoms with Crippen molar-refractivity contribution >= 4 is 17.0 Å². The van der Waals surface area contributed by atoms with Crippen LogP contribution in [0.4, 0.5) is 0 Å². The van der Waals surface area contributed by atoms with Crippen molar-refractivity contribution in [2.24, 2.45) is 5.92 Å². The summed E-state index contributed by atoms with van der Waals surface area (Å²) in [5.74, 6) is 0.925. The van der Waals surface area contributed by atoms with Crippen LogP contribution in [-0.2, 0) is 22.5 Å². The van der Waals surface area contributed by atoms with Crippen molar-refractivity contribution in [3.8, 4) is 5.75 Å². The number of hydrogen-bond donors (Lipinski definition) is 3. The number of furan rings is 1. The molecule has 6 unspecified atom stereocenters. The Morgan fingerprint density at radius 1 is 1.15 bits per heavy atom. The van der Waals surface area contributed by atoms with E-state index in [1.165, 1.54) is 0 Å². The number of rotatable bonds is 12. The predicted molar refractivity (Wildman–Crippen MR) is 159 cm³/mol. The molecule has 2 saturated heterocycles. The minimum Gasteiger partial charge on any atom is -0.489 e. The molecule has 6 atom stereocenters. The van der Waals surface area contributed by atoms with Crippen LogP contribution >= 0.6 is 0 Å². The van der Waals surface area contributed by atoms with E-state index in [4.69, 9.17) is 18.6 Å². The minimum absolute atomic E-state index is 0.110. The predicted octanol–water partition coefficient (Wildman–Crippen LogP) is 6.12. The van der Waals surface area contributed by atoms with E-state index in [0.29, 0.717) is 42.3 Å². The molecule has 7 nitrogen and oxygen atoms in total. The fourth-order valence-electron chi connectivity index (χ4n) is 6.51. The molecule has 3 N–H and O–H groups in total. The van der Waals surface area contributed by atoms with Crippen LogP contribution in [-0.4, -0.2) is 52.1 Å². The van der Waals surface area contributed by atoms with E-state index in [2.05, 4.69) is 26.8 Å². The highest BCUT2D eigenvalue weighted by molar-refractivity contribution is 5.88. The summed E-state index contributed by atoms with van der Waals surface area (Å²) in [7, 11) is 0. The van der Waals surface area contributed by atoms with Gasteiger partial charge in [-0.05, 0) is 48.4 Å². The fourth-order valence-corrected chi connectivity index (χ4v) is 6.51. The van der Waals surface area contributed by atoms with Gasteiger partial charge in [0, 0.05) is 23.3 Å². The van der Waals surface area contributed by atoms with Gasteiger partial charge in [-0.2, -0.15) is 0 Å². The molecule has 3 heterocycles. The quantitative estimate of drug-likeness (QED) is 0.228. The molecule has 0 bridgehead atoms. The second-order valence-electron chi connectivity index (χ2n) is 11.8. The monoisotopic (exact) mass is 564 g/mol. The fraction of sp³-hybridized carbons (Fsp3) is 0.529. The maximum atomic E-state index is 11.1. The van der Waals surface area contributed by atoms with E-state index in [9.17, 15) is 15.3 Å². The molecule has 41 heavy (non-hydrogen) atoms. The molecule has 1 aromatic heterocycles. The van der Waals surface area contributed by atoms with Gasteiger partial charge in [0.05, 0.1) is 36.7 Å². The summed E-state index contributed by atoms with van der Waals surface area (Å²) >= 11 is 0. The zero-order valence-corrected chi connectivity index (χ0v) is 24.6. The Labute approximate surface area is 242 Å². The lowest BCUT2D eigenvalue weighted by Crippen LogP contribution is -2.53. The van der Waals surface area contributed by atoms with Crippen molar-refractivity contribution < 1.29 is 33.9 Å². The first-order chi connectivity index (χ1) is 19.8. The summed E-state index contributed by atoms with van der Waals surface area (Å²) < 4.78 is 24.4. The van der Waals surface area contributed by atoms with Gasteiger partial charge in [-0.15, -0.1) is 0 Å². The maximum Gasteiger partial charge on any atom is 0.189 e. The van der Waals surface area contributed by atoms with E-state index in [1.54, 1.807) is 6.26 Å². The molecule has 0 saturated carbocycles. The van der Waals surface area contributed by atoms with Crippen molar-refractivity contribution in [3.63, 3.8) is 0 Å². The third-order valence-electron chi connectivity index (χ3n) is 8.51. The molecule has 1 spiro atoms. The van der Waals surface area contributed by atoms with Crippen LogP contribution in [0.2, 0.25) is 0 Å². The Morgan fingerprint density at radius 3 is 2.56 bits per heavy atom. The third-order valence-corrected chi connectivity index (χ3v) is 8.51. The van der Waals surface area contributed by atoms with Gasteiger partial charge in [0.15, 0.2) is 11.9 Å². The average Bonchev–Trinajstić information content (AvgIpc) is 3.57. The lowest BCUT2D eigenvalue weighted by Gasteiger charge is -2.39. The second-order valence-corrected chi connectivity index (χ2v) is 11.8. The minimum atomic E-state index is -1.19. The summed E-state index contributed by atoms with van der Waals surface area (Å²) in [6.45, 7) is 8.56. The van der Waals surface area contributed by atoms with Crippen LogP contribution in [0.1, 0.15) is 81.5 Å². The molecule has 7 heteroatoms. The van der Waals surface area contributed by atoms with Gasteiger partial charge in [0.1, 0.15) is 17.9 Å². The summed E-state index contributed by atoms with van der Waals surface area (Å²) in [4.78, 5) is 0. The summed E-state index contributed by atoms with van der Waals surface area (Å²) in [6.07, 6.45) is 6.68. The highest BCUT2D eigenvalue weighted by Crippen LogP contribution is 2.52. The SMILES string of the molecule is CCCC(c1coc2c(CO)c(OC/C=C/c3ccccc3)c(CC(C)C)cc12)C1CC(O)C2(OC2CC)C(O)O1. The van der Waals surface area contributed by atoms with Crippen molar-refractivity contribution in [1.29, 1.82) is 0 Å². The van der Waals surface area contributed by atoms with Crippen molar-refractivity contribution in [3.05, 3.63) is 71.0 Å². The Kier molecular flexibility index (Phi) is 9.21. The standard InChI is InChI=1S/C34H44O7/c1-5-11-24(28-18-29(36)34(33(37)40-28)30(6-2)41-34)27-20-39-32-25(27)17-23(16-21(3)4)31(26(32)19-35)38-15-10-14-22-12-8-7-9-13-22/h7-10,12-14,17,20-21,24,28-30,33,35-37H,5-6,11,15-16,18-19H2,1-4H3/b14-10+. The van der Waals surface area contributed by atoms with Gasteiger partial charge in [-0.1, -0.05) is 70.5 Å². The zero-order chi connectivity index (χ0) is 29.1. The van der Waals surface area contributed by atoms with Crippen LogP contribution in [0, 0.1) is 5.92 Å². The van der Waals surface area contributed by atoms with E-state index >= 15 is 0 Å². The van der Waals surface area contributed by atoms with Crippen molar-refractivity contribution in [2.75, 3.05) is 6.61 Å². The molecular weight excluding hydrogens is 520 g/mol. The van der Waals surface area contributed by atoms with Gasteiger partial charge >= 0.3 is 0 Å². The summed E-state index contributed by atoms with van der Waals surface area (Å²) in [5.41, 5.74) is 3.29. The van der Waals surface area contributed by atoms with E-state index in [0.717, 1.165) is 41.3 Å². The smallest absolute Gasteiger partial charge is 0.189 e. The number of epoxide rings is 1. The van der Waals surface area contributed by atoms with E-state index in [-0.39, 0.29) is 18.6 Å². The van der Waals surface area contributed by atoms with Crippen LogP contribution in [0.15, 0.2) is 53.2 Å². The highest BCUT2D eigenvalue weighted by Gasteiger charge is 2.68. The molecule has 222 valence electrons. The Hall–Kier alpha value is -2.68. The Bertz CT molecular complexity index is 1320. The number of fused-ring (bicyclic) bond motifs is 1. The number of ether oxygens (including phenoxy) is 3. The zero-order valence-electron chi connectivity index (χ0n) is 24.6. The van der Waals surface area contributed by atoms with Crippen molar-refractivity contribution in [1.82, 2.24) is 0 Å². The number of benzene rings is 2. The highest BCUT2D eigenvalue weighted by atomic mass is 16.7. The van der Waals surface area contributed by atoms with Gasteiger partial charge in [0.2, 0.25) is 0 Å². The molecule has 3 aromatic rings. The van der Waals surface area contributed by atoms with Crippen molar-refractivity contribution in [2.45, 2.75) is 103 Å². The first-order valence-corrected chi connectivity index (χ1v) is 15.0. The van der Waals surface area contributed by atoms with Gasteiger partial charge in [-0.25, -0.2) is 0 Å². The molecule has 2 aromatic carbocycles. The lowest BCUT2D eigenvalue weighted by molar-refractivity contribution is -0.236. The molecule has 2 aliphatic rings. The Morgan fingerprint density at radius 2 is 1.93 bits per heavy atom. The van der Waals surface area contributed by atoms with Crippen LogP contribution in [0.3, 0.4) is 0 Å². The molecule has 0 amide bonds. The normalized spacial score (nSPS) is 26.8. The van der Waals surface area contributed by atoms with Gasteiger partial charge < -0.3 is 33.9 Å². The second kappa shape index (κ2) is 12.7. The van der Waals surface area contributed by atoms with Gasteiger partial charge in [0.25, 0.3) is 0 Å². The van der Waals surface area contributed by atoms with Crippen LogP contribution in [0.5, 0.6) is 5.75 Å². The molecule has 0 radical (unpaired) electrons. The topological polar surface area (TPSA) is 105 Å². The number of aliphatic hydroxyl groups is 3. The van der Waals surface area contributed by atoms with Gasteiger partial charge in [-0.3, -0.25) is 0 Å². The molecule has 5 rings (SSSR count). The van der Waals surface area contributed by atoms with Crippen LogP contribution in [0.25, 0.3) is 17.0 Å². The average molecular weight is 565 g/mol. The van der Waals surface area contributed by atoms with E-state index < -0.39 is 24.1 Å². The number of hydrogen-bond acceptors (Lipinski definition) is 7. The largest absolute Gasteiger partial charge is 0.489 e.